The summed E-state index contributed by atoms with van der Waals surface area (Å²) >= 11 is 0. The van der Waals surface area contributed by atoms with Gasteiger partial charge in [-0.2, -0.15) is 0 Å². The molecule has 0 aromatic rings. The molecule has 0 bridgehead atoms. The molecule has 0 spiro atoms. The van der Waals surface area contributed by atoms with Crippen molar-refractivity contribution in [3.63, 3.8) is 0 Å². The molecule has 0 aliphatic heterocycles. The Morgan fingerprint density at radius 2 is 1.83 bits per heavy atom. The highest BCUT2D eigenvalue weighted by Gasteiger charge is 2.27. The summed E-state index contributed by atoms with van der Waals surface area (Å²) in [5.74, 6) is 0.719. The molecule has 1 aliphatic rings. The first-order valence-electron chi connectivity index (χ1n) is 7.29. The average Bonchev–Trinajstić information content (AvgIpc) is 2.35. The molecule has 2 N–H and O–H groups in total. The largest absolute Gasteiger partial charge is 0.316 e. The fourth-order valence-electron chi connectivity index (χ4n) is 2.65. The zero-order chi connectivity index (χ0) is 13.4. The minimum absolute atomic E-state index is 0.167. The van der Waals surface area contributed by atoms with Crippen LogP contribution in [-0.2, 0) is 10.0 Å². The van der Waals surface area contributed by atoms with Crippen LogP contribution in [0.25, 0.3) is 0 Å². The SMILES string of the molecule is CCCNCCS(=O)(=O)NC1CCCCC1CC. The van der Waals surface area contributed by atoms with Crippen LogP contribution in [-0.4, -0.2) is 33.3 Å². The zero-order valence-corrected chi connectivity index (χ0v) is 12.6. The van der Waals surface area contributed by atoms with E-state index in [2.05, 4.69) is 23.9 Å². The third-order valence-electron chi connectivity index (χ3n) is 3.74. The molecular weight excluding hydrogens is 248 g/mol. The molecule has 0 heterocycles. The van der Waals surface area contributed by atoms with Gasteiger partial charge in [-0.3, -0.25) is 0 Å². The van der Waals surface area contributed by atoms with Gasteiger partial charge in [-0.15, -0.1) is 0 Å². The van der Waals surface area contributed by atoms with Gasteiger partial charge < -0.3 is 5.32 Å². The lowest BCUT2D eigenvalue weighted by Gasteiger charge is -2.31. The van der Waals surface area contributed by atoms with Gasteiger partial charge >= 0.3 is 0 Å². The van der Waals surface area contributed by atoms with E-state index in [-0.39, 0.29) is 11.8 Å². The van der Waals surface area contributed by atoms with Crippen molar-refractivity contribution in [1.29, 1.82) is 0 Å². The second-order valence-electron chi connectivity index (χ2n) is 5.25. The van der Waals surface area contributed by atoms with E-state index >= 15 is 0 Å². The molecule has 0 aromatic heterocycles. The van der Waals surface area contributed by atoms with Gasteiger partial charge in [0.15, 0.2) is 0 Å². The predicted octanol–water partition coefficient (Wildman–Crippen LogP) is 1.87. The lowest BCUT2D eigenvalue weighted by atomic mass is 9.83. The molecule has 1 fully saturated rings. The summed E-state index contributed by atoms with van der Waals surface area (Å²) in [5, 5.41) is 3.13. The highest BCUT2D eigenvalue weighted by atomic mass is 32.2. The molecule has 1 aliphatic carbocycles. The van der Waals surface area contributed by atoms with Crippen LogP contribution in [0.2, 0.25) is 0 Å². The Balaban J connectivity index is 2.38. The van der Waals surface area contributed by atoms with Gasteiger partial charge in [0, 0.05) is 12.6 Å². The fourth-order valence-corrected chi connectivity index (χ4v) is 3.95. The predicted molar refractivity (Wildman–Crippen MR) is 76.1 cm³/mol. The van der Waals surface area contributed by atoms with E-state index in [1.54, 1.807) is 0 Å². The molecule has 18 heavy (non-hydrogen) atoms. The van der Waals surface area contributed by atoms with Gasteiger partial charge in [-0.25, -0.2) is 13.1 Å². The number of sulfonamides is 1. The van der Waals surface area contributed by atoms with Crippen molar-refractivity contribution in [3.8, 4) is 0 Å². The van der Waals surface area contributed by atoms with Crippen LogP contribution in [0.4, 0.5) is 0 Å². The Bertz CT molecular complexity index is 317. The van der Waals surface area contributed by atoms with E-state index in [1.807, 2.05) is 0 Å². The van der Waals surface area contributed by atoms with Gasteiger partial charge in [-0.05, 0) is 31.7 Å². The maximum absolute atomic E-state index is 12.0. The molecular formula is C13H28N2O2S. The molecule has 1 saturated carbocycles. The third-order valence-corrected chi connectivity index (χ3v) is 5.14. The Labute approximate surface area is 112 Å². The minimum Gasteiger partial charge on any atom is -0.316 e. The third kappa shape index (κ3) is 5.67. The molecule has 1 rings (SSSR count). The van der Waals surface area contributed by atoms with E-state index in [9.17, 15) is 8.42 Å². The highest BCUT2D eigenvalue weighted by molar-refractivity contribution is 7.89. The van der Waals surface area contributed by atoms with Crippen molar-refractivity contribution in [2.24, 2.45) is 5.92 Å². The molecule has 5 heteroatoms. The average molecular weight is 276 g/mol. The summed E-state index contributed by atoms with van der Waals surface area (Å²) in [4.78, 5) is 0. The van der Waals surface area contributed by atoms with Crippen molar-refractivity contribution in [2.45, 2.75) is 58.4 Å². The Hall–Kier alpha value is -0.130. The summed E-state index contributed by atoms with van der Waals surface area (Å²) in [6, 6.07) is 0.167. The number of hydrogen-bond acceptors (Lipinski definition) is 3. The molecule has 2 atom stereocenters. The quantitative estimate of drug-likeness (QED) is 0.665. The van der Waals surface area contributed by atoms with Crippen molar-refractivity contribution in [2.75, 3.05) is 18.8 Å². The minimum atomic E-state index is -3.12. The van der Waals surface area contributed by atoms with Crippen molar-refractivity contribution < 1.29 is 8.42 Å². The number of rotatable bonds is 8. The summed E-state index contributed by atoms with van der Waals surface area (Å²) in [6.07, 6.45) is 6.67. The Morgan fingerprint density at radius 1 is 1.11 bits per heavy atom. The monoisotopic (exact) mass is 276 g/mol. The van der Waals surface area contributed by atoms with Gasteiger partial charge in [0.1, 0.15) is 0 Å². The molecule has 0 amide bonds. The Morgan fingerprint density at radius 3 is 2.50 bits per heavy atom. The zero-order valence-electron chi connectivity index (χ0n) is 11.7. The van der Waals surface area contributed by atoms with E-state index in [0.29, 0.717) is 12.5 Å². The van der Waals surface area contributed by atoms with Crippen molar-refractivity contribution >= 4 is 10.0 Å². The van der Waals surface area contributed by atoms with E-state index in [0.717, 1.165) is 38.6 Å². The smallest absolute Gasteiger partial charge is 0.213 e. The topological polar surface area (TPSA) is 58.2 Å². The standard InChI is InChI=1S/C13H28N2O2S/c1-3-9-14-10-11-18(16,17)15-13-8-6-5-7-12(13)4-2/h12-15H,3-11H2,1-2H3. The lowest BCUT2D eigenvalue weighted by Crippen LogP contribution is -2.44. The first-order chi connectivity index (χ1) is 8.59. The van der Waals surface area contributed by atoms with Crippen LogP contribution in [0.1, 0.15) is 52.4 Å². The van der Waals surface area contributed by atoms with E-state index in [1.165, 1.54) is 6.42 Å². The van der Waals surface area contributed by atoms with Crippen LogP contribution in [0, 0.1) is 5.92 Å². The fraction of sp³-hybridized carbons (Fsp3) is 1.00. The summed E-state index contributed by atoms with van der Waals surface area (Å²) in [7, 11) is -3.12. The summed E-state index contributed by atoms with van der Waals surface area (Å²) in [6.45, 7) is 5.66. The molecule has 4 nitrogen and oxygen atoms in total. The van der Waals surface area contributed by atoms with Gasteiger partial charge in [0.05, 0.1) is 5.75 Å². The van der Waals surface area contributed by atoms with Crippen molar-refractivity contribution in [1.82, 2.24) is 10.0 Å². The van der Waals surface area contributed by atoms with Crippen LogP contribution in [0.5, 0.6) is 0 Å². The maximum atomic E-state index is 12.0. The van der Waals surface area contributed by atoms with E-state index < -0.39 is 10.0 Å². The summed E-state index contributed by atoms with van der Waals surface area (Å²) < 4.78 is 26.8. The first kappa shape index (κ1) is 15.9. The lowest BCUT2D eigenvalue weighted by molar-refractivity contribution is 0.282. The second kappa shape index (κ2) is 8.12. The maximum Gasteiger partial charge on any atom is 0.213 e. The number of nitrogens with one attached hydrogen (secondary N) is 2. The molecule has 0 aromatic carbocycles. The van der Waals surface area contributed by atoms with Crippen LogP contribution in [0.3, 0.4) is 0 Å². The van der Waals surface area contributed by atoms with Gasteiger partial charge in [0.2, 0.25) is 10.0 Å². The normalized spacial score (nSPS) is 25.2. The second-order valence-corrected chi connectivity index (χ2v) is 7.12. The van der Waals surface area contributed by atoms with Crippen LogP contribution < -0.4 is 10.0 Å². The van der Waals surface area contributed by atoms with E-state index in [4.69, 9.17) is 0 Å². The van der Waals surface area contributed by atoms with Crippen LogP contribution >= 0.6 is 0 Å². The molecule has 2 unspecified atom stereocenters. The van der Waals surface area contributed by atoms with Crippen molar-refractivity contribution in [3.05, 3.63) is 0 Å². The number of hydrogen-bond donors (Lipinski definition) is 2. The van der Waals surface area contributed by atoms with Crippen LogP contribution in [0.15, 0.2) is 0 Å². The first-order valence-corrected chi connectivity index (χ1v) is 8.95. The highest BCUT2D eigenvalue weighted by Crippen LogP contribution is 2.27. The summed E-state index contributed by atoms with van der Waals surface area (Å²) in [5.41, 5.74) is 0. The van der Waals surface area contributed by atoms with Gasteiger partial charge in [0.25, 0.3) is 0 Å². The Kier molecular flexibility index (Phi) is 7.19. The van der Waals surface area contributed by atoms with Gasteiger partial charge in [-0.1, -0.05) is 33.1 Å². The molecule has 0 radical (unpaired) electrons. The molecule has 0 saturated heterocycles. The molecule has 108 valence electrons.